The standard InChI is InChI=1S/C16H21BN2O3.C15H19BN2O4.C14H19BN2O3/c1-15(2)16(3,4)22-17(21-15)10-5-8-13-12(9-10)14(19-20-13)18-11-6-7-11;1-9(19)17-13-11-7-6-10(8-12(11)20-18-13)16-21-14(2,3)15(4,5)22-16;1-13(2)14(3,4)20-15(19-13)9-6-7-11-10(8-9)12(16-5)17-18-11/h5,8-9,11H,6-7H2,1-4H3,(H,18,19);6-8H,1-5H3,(H,17,18,19);6-8H,1-5H3,(H,16,17). The number of fused-ring (bicyclic) bond motifs is 3. The molecule has 338 valence electrons. The molecule has 64 heavy (non-hydrogen) atoms. The van der Waals surface area contributed by atoms with Crippen LogP contribution in [0, 0.1) is 0 Å². The van der Waals surface area contributed by atoms with Crippen molar-refractivity contribution in [3.05, 3.63) is 54.6 Å². The van der Waals surface area contributed by atoms with Crippen LogP contribution in [0.5, 0.6) is 0 Å². The molecule has 3 aromatic heterocycles. The van der Waals surface area contributed by atoms with E-state index in [0.29, 0.717) is 17.4 Å². The van der Waals surface area contributed by atoms with Crippen LogP contribution in [0.2, 0.25) is 0 Å². The number of nitrogens with zero attached hydrogens (tertiary/aromatic N) is 3. The zero-order valence-corrected chi connectivity index (χ0v) is 39.3. The molecule has 1 saturated carbocycles. The van der Waals surface area contributed by atoms with E-state index >= 15 is 0 Å². The molecule has 10 rings (SSSR count). The molecule has 0 atom stereocenters. The number of rotatable bonds is 7. The highest BCUT2D eigenvalue weighted by Gasteiger charge is 2.54. The zero-order chi connectivity index (χ0) is 46.2. The Kier molecular flexibility index (Phi) is 11.6. The summed E-state index contributed by atoms with van der Waals surface area (Å²) in [5.41, 5.74) is 2.78. The van der Waals surface area contributed by atoms with Gasteiger partial charge in [-0.3, -0.25) is 4.79 Å². The average Bonchev–Trinajstić information content (AvgIpc) is 3.45. The number of hydrogen-bond donors (Lipinski definition) is 3. The first-order valence-electron chi connectivity index (χ1n) is 21.9. The van der Waals surface area contributed by atoms with Gasteiger partial charge in [-0.25, -0.2) is 0 Å². The minimum atomic E-state index is -0.455. The predicted octanol–water partition coefficient (Wildman–Crippen LogP) is 6.96. The molecule has 3 aromatic carbocycles. The molecule has 3 aliphatic heterocycles. The van der Waals surface area contributed by atoms with E-state index in [2.05, 4.69) is 65.2 Å². The molecule has 3 saturated heterocycles. The quantitative estimate of drug-likeness (QED) is 0.140. The third kappa shape index (κ3) is 8.77. The topological polar surface area (TPSA) is 187 Å². The minimum absolute atomic E-state index is 0.190. The fraction of sp³-hybridized carbons (Fsp3) is 0.511. The van der Waals surface area contributed by atoms with Crippen molar-refractivity contribution in [2.75, 3.05) is 23.0 Å². The van der Waals surface area contributed by atoms with Crippen molar-refractivity contribution in [3.8, 4) is 0 Å². The fourth-order valence-corrected chi connectivity index (χ4v) is 7.21. The van der Waals surface area contributed by atoms with Gasteiger partial charge in [-0.1, -0.05) is 33.7 Å². The van der Waals surface area contributed by atoms with Crippen LogP contribution in [-0.4, -0.2) is 89.4 Å². The van der Waals surface area contributed by atoms with Crippen LogP contribution in [0.15, 0.2) is 68.2 Å². The fourth-order valence-electron chi connectivity index (χ4n) is 7.21. The number of aromatic nitrogens is 3. The lowest BCUT2D eigenvalue weighted by Gasteiger charge is -2.32. The molecule has 1 amide bonds. The van der Waals surface area contributed by atoms with Gasteiger partial charge in [-0.2, -0.15) is 0 Å². The van der Waals surface area contributed by atoms with Gasteiger partial charge in [0.2, 0.25) is 5.91 Å². The summed E-state index contributed by atoms with van der Waals surface area (Å²) in [4.78, 5) is 11.1. The highest BCUT2D eigenvalue weighted by Crippen LogP contribution is 2.39. The van der Waals surface area contributed by atoms with E-state index < -0.39 is 18.3 Å². The maximum absolute atomic E-state index is 11.1. The number of hydrogen-bond acceptors (Lipinski definition) is 15. The monoisotopic (exact) mass is 876 g/mol. The first-order chi connectivity index (χ1) is 29.9. The van der Waals surface area contributed by atoms with Crippen LogP contribution in [0.1, 0.15) is 103 Å². The normalized spacial score (nSPS) is 21.1. The summed E-state index contributed by atoms with van der Waals surface area (Å²) < 4.78 is 52.3. The first kappa shape index (κ1) is 45.7. The van der Waals surface area contributed by atoms with E-state index in [1.165, 1.54) is 19.8 Å². The second-order valence-electron chi connectivity index (χ2n) is 20.0. The molecule has 16 nitrogen and oxygen atoms in total. The third-order valence-electron chi connectivity index (χ3n) is 13.5. The van der Waals surface area contributed by atoms with Gasteiger partial charge in [0.15, 0.2) is 34.2 Å². The number of carbonyl (C=O) groups excluding carboxylic acids is 1. The summed E-state index contributed by atoms with van der Waals surface area (Å²) in [6, 6.07) is 17.9. The van der Waals surface area contributed by atoms with Gasteiger partial charge in [0.1, 0.15) is 0 Å². The van der Waals surface area contributed by atoms with Crippen LogP contribution in [0.4, 0.5) is 17.5 Å². The third-order valence-corrected chi connectivity index (χ3v) is 13.5. The highest BCUT2D eigenvalue weighted by atomic mass is 16.7. The maximum atomic E-state index is 11.1. The number of amides is 1. The van der Waals surface area contributed by atoms with Gasteiger partial charge in [0, 0.05) is 20.0 Å². The smallest absolute Gasteiger partial charge is 0.399 e. The average molecular weight is 876 g/mol. The van der Waals surface area contributed by atoms with Gasteiger partial charge in [-0.15, -0.1) is 0 Å². The Bertz CT molecular complexity index is 2640. The first-order valence-corrected chi connectivity index (χ1v) is 21.9. The second-order valence-corrected chi connectivity index (χ2v) is 20.0. The Morgan fingerprint density at radius 2 is 0.891 bits per heavy atom. The molecule has 4 aliphatic rings. The molecular formula is C45H59B3N6O10. The molecule has 4 fully saturated rings. The highest BCUT2D eigenvalue weighted by molar-refractivity contribution is 6.63. The van der Waals surface area contributed by atoms with Gasteiger partial charge < -0.3 is 57.4 Å². The largest absolute Gasteiger partial charge is 0.494 e. The van der Waals surface area contributed by atoms with E-state index in [-0.39, 0.29) is 42.5 Å². The molecule has 0 unspecified atom stereocenters. The molecule has 0 bridgehead atoms. The Morgan fingerprint density at radius 1 is 0.516 bits per heavy atom. The lowest BCUT2D eigenvalue weighted by Crippen LogP contribution is -2.41. The number of nitrogens with one attached hydrogen (secondary N) is 3. The Morgan fingerprint density at radius 3 is 1.31 bits per heavy atom. The summed E-state index contributed by atoms with van der Waals surface area (Å²) in [5, 5.41) is 23.7. The van der Waals surface area contributed by atoms with Crippen molar-refractivity contribution >= 4 is 94.0 Å². The lowest BCUT2D eigenvalue weighted by molar-refractivity contribution is -0.114. The van der Waals surface area contributed by atoms with Gasteiger partial charge in [0.05, 0.1) is 49.8 Å². The summed E-state index contributed by atoms with van der Waals surface area (Å²) >= 11 is 0. The SMILES string of the molecule is CC(=O)Nc1noc2cc(B3OC(C)(C)C(C)(C)O3)ccc12.CC1(C)OB(c2ccc3onc(NC4CC4)c3c2)OC1(C)C.CNc1noc2ccc(B3OC(C)(C)C(C)(C)O3)cc12. The molecule has 1 aliphatic carbocycles. The van der Waals surface area contributed by atoms with E-state index in [1.807, 2.05) is 111 Å². The zero-order valence-electron chi connectivity index (χ0n) is 39.3. The van der Waals surface area contributed by atoms with Crippen LogP contribution in [0.25, 0.3) is 32.9 Å². The molecule has 19 heteroatoms. The molecule has 3 N–H and O–H groups in total. The summed E-state index contributed by atoms with van der Waals surface area (Å²) in [6.07, 6.45) is 2.40. The van der Waals surface area contributed by atoms with E-state index in [1.54, 1.807) is 0 Å². The summed E-state index contributed by atoms with van der Waals surface area (Å²) in [7, 11) is 0.629. The van der Waals surface area contributed by atoms with Crippen molar-refractivity contribution in [2.24, 2.45) is 0 Å². The summed E-state index contributed by atoms with van der Waals surface area (Å²) in [6.45, 7) is 25.9. The number of carbonyl (C=O) groups is 1. The number of benzene rings is 3. The second kappa shape index (κ2) is 16.2. The van der Waals surface area contributed by atoms with Crippen molar-refractivity contribution < 1.29 is 46.3 Å². The molecule has 6 heterocycles. The van der Waals surface area contributed by atoms with Crippen molar-refractivity contribution in [2.45, 2.75) is 142 Å². The van der Waals surface area contributed by atoms with Gasteiger partial charge in [0.25, 0.3) is 0 Å². The van der Waals surface area contributed by atoms with Crippen molar-refractivity contribution in [1.82, 2.24) is 15.5 Å². The van der Waals surface area contributed by atoms with E-state index in [9.17, 15) is 4.79 Å². The molecule has 0 radical (unpaired) electrons. The van der Waals surface area contributed by atoms with E-state index in [0.717, 1.165) is 55.3 Å². The molecule has 6 aromatic rings. The molecular weight excluding hydrogens is 817 g/mol. The lowest BCUT2D eigenvalue weighted by atomic mass is 9.78. The van der Waals surface area contributed by atoms with Crippen LogP contribution < -0.4 is 32.3 Å². The Balaban J connectivity index is 0.000000131. The maximum Gasteiger partial charge on any atom is 0.494 e. The number of anilines is 3. The minimum Gasteiger partial charge on any atom is -0.399 e. The Hall–Kier alpha value is -4.91. The van der Waals surface area contributed by atoms with Crippen LogP contribution in [-0.2, 0) is 32.7 Å². The summed E-state index contributed by atoms with van der Waals surface area (Å²) in [5.74, 6) is 1.77. The van der Waals surface area contributed by atoms with Crippen LogP contribution in [0.3, 0.4) is 0 Å². The Labute approximate surface area is 374 Å². The predicted molar refractivity (Wildman–Crippen MR) is 250 cm³/mol. The van der Waals surface area contributed by atoms with Crippen molar-refractivity contribution in [1.29, 1.82) is 0 Å². The van der Waals surface area contributed by atoms with Crippen molar-refractivity contribution in [3.63, 3.8) is 0 Å². The van der Waals surface area contributed by atoms with Gasteiger partial charge in [-0.05, 0) is 149 Å². The van der Waals surface area contributed by atoms with Crippen LogP contribution >= 0.6 is 0 Å². The molecule has 0 spiro atoms. The van der Waals surface area contributed by atoms with Gasteiger partial charge >= 0.3 is 21.4 Å². The van der Waals surface area contributed by atoms with E-state index in [4.69, 9.17) is 41.5 Å².